The highest BCUT2D eigenvalue weighted by molar-refractivity contribution is 8.07. The number of rotatable bonds is 2. The van der Waals surface area contributed by atoms with Crippen molar-refractivity contribution in [2.45, 2.75) is 0 Å². The lowest BCUT2D eigenvalue weighted by atomic mass is 10.7. The van der Waals surface area contributed by atoms with Gasteiger partial charge in [0.1, 0.15) is 5.03 Å². The number of nitrogens with zero attached hydrogens (tertiary/aromatic N) is 1. The van der Waals surface area contributed by atoms with Gasteiger partial charge in [0.25, 0.3) is 0 Å². The lowest BCUT2D eigenvalue weighted by molar-refractivity contribution is 1.16. The first-order chi connectivity index (χ1) is 4.88. The third-order valence-electron chi connectivity index (χ3n) is 1.18. The zero-order valence-corrected chi connectivity index (χ0v) is 6.69. The highest BCUT2D eigenvalue weighted by atomic mass is 32.2. The van der Waals surface area contributed by atoms with E-state index >= 15 is 0 Å². The maximum Gasteiger partial charge on any atom is 0.122 e. The van der Waals surface area contributed by atoms with Crippen LogP contribution in [0.15, 0.2) is 36.8 Å². The normalized spacial score (nSPS) is 8.90. The Bertz CT molecular complexity index is 242. The van der Waals surface area contributed by atoms with E-state index in [2.05, 4.69) is 12.3 Å². The first-order valence-corrected chi connectivity index (χ1v) is 4.18. The molecule has 0 spiro atoms. The van der Waals surface area contributed by atoms with Gasteiger partial charge in [-0.1, -0.05) is 12.3 Å². The Morgan fingerprint density at radius 1 is 1.50 bits per heavy atom. The van der Waals surface area contributed by atoms with Crippen LogP contribution in [0.4, 0.5) is 0 Å². The summed E-state index contributed by atoms with van der Waals surface area (Å²) in [5.74, 6) is 0. The molecule has 0 amide bonds. The molecule has 52 valence electrons. The van der Waals surface area contributed by atoms with Crippen molar-refractivity contribution in [1.82, 2.24) is 4.57 Å². The first kappa shape index (κ1) is 7.26. The summed E-state index contributed by atoms with van der Waals surface area (Å²) >= 11 is 1.63. The van der Waals surface area contributed by atoms with Crippen LogP contribution in [0.2, 0.25) is 0 Å². The van der Waals surface area contributed by atoms with Crippen LogP contribution in [0.5, 0.6) is 0 Å². The third-order valence-corrected chi connectivity index (χ3v) is 1.93. The largest absolute Gasteiger partial charge is 0.312 e. The molecule has 0 aliphatic rings. The Kier molecular flexibility index (Phi) is 2.43. The van der Waals surface area contributed by atoms with E-state index in [1.807, 2.05) is 35.3 Å². The van der Waals surface area contributed by atoms with Gasteiger partial charge in [0.05, 0.1) is 0 Å². The van der Waals surface area contributed by atoms with Crippen LogP contribution in [0.1, 0.15) is 0 Å². The second kappa shape index (κ2) is 3.35. The van der Waals surface area contributed by atoms with Crippen molar-refractivity contribution in [1.29, 1.82) is 0 Å². The summed E-state index contributed by atoms with van der Waals surface area (Å²) in [5, 5.41) is 1.03. The van der Waals surface area contributed by atoms with Gasteiger partial charge in [0, 0.05) is 12.4 Å². The van der Waals surface area contributed by atoms with E-state index in [0.29, 0.717) is 0 Å². The van der Waals surface area contributed by atoms with E-state index in [-0.39, 0.29) is 0 Å². The molecule has 0 aliphatic heterocycles. The topological polar surface area (TPSA) is 4.93 Å². The highest BCUT2D eigenvalue weighted by Gasteiger charge is 1.91. The summed E-state index contributed by atoms with van der Waals surface area (Å²) in [6.07, 6.45) is 5.96. The lowest BCUT2D eigenvalue weighted by Gasteiger charge is -1.99. The Morgan fingerprint density at radius 2 is 2.10 bits per heavy atom. The molecule has 1 heterocycles. The quantitative estimate of drug-likeness (QED) is 0.588. The molecule has 0 aromatic carbocycles. The average Bonchev–Trinajstić information content (AvgIpc) is 2.43. The molecule has 1 rings (SSSR count). The maximum absolute atomic E-state index is 3.58. The van der Waals surface area contributed by atoms with Crippen LogP contribution < -0.4 is 0 Å². The Morgan fingerprint density at radius 3 is 2.50 bits per heavy atom. The fourth-order valence-electron chi connectivity index (χ4n) is 0.739. The van der Waals surface area contributed by atoms with Crippen LogP contribution in [0.3, 0.4) is 0 Å². The minimum absolute atomic E-state index is 1.03. The summed E-state index contributed by atoms with van der Waals surface area (Å²) in [6, 6.07) is 3.96. The van der Waals surface area contributed by atoms with Gasteiger partial charge in [0.2, 0.25) is 0 Å². The Balaban J connectivity index is 2.96. The van der Waals surface area contributed by atoms with E-state index in [0.717, 1.165) is 5.03 Å². The molecular weight excluding hydrogens is 142 g/mol. The summed E-state index contributed by atoms with van der Waals surface area (Å²) in [5.41, 5.74) is 2.85. The second-order valence-electron chi connectivity index (χ2n) is 1.78. The molecule has 0 saturated heterocycles. The summed E-state index contributed by atoms with van der Waals surface area (Å²) in [6.45, 7) is 3.58. The number of hydrogen-bond acceptors (Lipinski definition) is 1. The second-order valence-corrected chi connectivity index (χ2v) is 2.57. The molecule has 2 heteroatoms. The molecule has 0 aliphatic carbocycles. The van der Waals surface area contributed by atoms with Crippen molar-refractivity contribution in [3.8, 4) is 0 Å². The minimum atomic E-state index is 1.03. The number of hydrogen-bond donors (Lipinski definition) is 0. The fourth-order valence-corrected chi connectivity index (χ4v) is 1.22. The van der Waals surface area contributed by atoms with E-state index in [9.17, 15) is 0 Å². The minimum Gasteiger partial charge on any atom is -0.312 e. The van der Waals surface area contributed by atoms with E-state index < -0.39 is 0 Å². The van der Waals surface area contributed by atoms with E-state index in [1.54, 1.807) is 11.8 Å². The van der Waals surface area contributed by atoms with Crippen LogP contribution in [-0.4, -0.2) is 10.8 Å². The van der Waals surface area contributed by atoms with Crippen LogP contribution in [0.25, 0.3) is 5.03 Å². The summed E-state index contributed by atoms with van der Waals surface area (Å²) in [4.78, 5) is 0. The summed E-state index contributed by atoms with van der Waals surface area (Å²) in [7, 11) is 0. The van der Waals surface area contributed by atoms with Crippen molar-refractivity contribution in [3.63, 3.8) is 0 Å². The molecule has 10 heavy (non-hydrogen) atoms. The molecule has 0 atom stereocenters. The molecule has 0 N–H and O–H groups in total. The van der Waals surface area contributed by atoms with Crippen molar-refractivity contribution in [2.75, 3.05) is 6.26 Å². The highest BCUT2D eigenvalue weighted by Crippen LogP contribution is 2.15. The first-order valence-electron chi connectivity index (χ1n) is 2.96. The number of aromatic nitrogens is 1. The molecule has 0 fully saturated rings. The monoisotopic (exact) mass is 151 g/mol. The zero-order valence-electron chi connectivity index (χ0n) is 5.87. The van der Waals surface area contributed by atoms with Crippen molar-refractivity contribution in [2.24, 2.45) is 0 Å². The van der Waals surface area contributed by atoms with Crippen molar-refractivity contribution in [3.05, 3.63) is 36.8 Å². The van der Waals surface area contributed by atoms with Gasteiger partial charge >= 0.3 is 0 Å². The molecule has 0 radical (unpaired) electrons. The molecule has 0 saturated carbocycles. The summed E-state index contributed by atoms with van der Waals surface area (Å²) < 4.78 is 1.98. The SMILES string of the molecule is C=C=C(SC)n1cccc1. The average molecular weight is 151 g/mol. The third kappa shape index (κ3) is 1.35. The maximum atomic E-state index is 3.58. The van der Waals surface area contributed by atoms with Gasteiger partial charge in [-0.05, 0) is 18.4 Å². The molecular formula is C8H9NS. The number of thioether (sulfide) groups is 1. The van der Waals surface area contributed by atoms with E-state index in [1.165, 1.54) is 0 Å². The molecule has 1 aromatic heterocycles. The van der Waals surface area contributed by atoms with Gasteiger partial charge in [-0.2, -0.15) is 0 Å². The molecule has 0 bridgehead atoms. The van der Waals surface area contributed by atoms with Crippen molar-refractivity contribution < 1.29 is 0 Å². The molecule has 1 aromatic rings. The smallest absolute Gasteiger partial charge is 0.122 e. The standard InChI is InChI=1S/C8H9NS/c1-3-8(10-2)9-6-4-5-7-9/h4-7H,1H2,2H3. The predicted octanol–water partition coefficient (Wildman–Crippen LogP) is 2.43. The Labute approximate surface area is 65.1 Å². The lowest BCUT2D eigenvalue weighted by Crippen LogP contribution is -1.85. The predicted molar refractivity (Wildman–Crippen MR) is 46.8 cm³/mol. The molecule has 1 nitrogen and oxygen atoms in total. The van der Waals surface area contributed by atoms with Crippen LogP contribution >= 0.6 is 11.8 Å². The van der Waals surface area contributed by atoms with Gasteiger partial charge in [-0.25, -0.2) is 0 Å². The van der Waals surface area contributed by atoms with Gasteiger partial charge < -0.3 is 4.57 Å². The Hall–Kier alpha value is -0.850. The van der Waals surface area contributed by atoms with E-state index in [4.69, 9.17) is 0 Å². The van der Waals surface area contributed by atoms with Gasteiger partial charge in [-0.15, -0.1) is 11.8 Å². The molecule has 0 unspecified atom stereocenters. The fraction of sp³-hybridized carbons (Fsp3) is 0.125. The van der Waals surface area contributed by atoms with Crippen molar-refractivity contribution >= 4 is 16.8 Å². The van der Waals surface area contributed by atoms with Gasteiger partial charge in [-0.3, -0.25) is 0 Å². The van der Waals surface area contributed by atoms with Crippen LogP contribution in [-0.2, 0) is 0 Å². The van der Waals surface area contributed by atoms with Crippen LogP contribution in [0, 0.1) is 0 Å². The zero-order chi connectivity index (χ0) is 7.40. The van der Waals surface area contributed by atoms with Gasteiger partial charge in [0.15, 0.2) is 0 Å².